The van der Waals surface area contributed by atoms with Gasteiger partial charge in [-0.3, -0.25) is 14.5 Å². The van der Waals surface area contributed by atoms with E-state index in [1.165, 1.54) is 0 Å². The molecule has 0 amide bonds. The van der Waals surface area contributed by atoms with Crippen LogP contribution in [0.2, 0.25) is 0 Å². The predicted octanol–water partition coefficient (Wildman–Crippen LogP) is 2.19. The fourth-order valence-electron chi connectivity index (χ4n) is 2.96. The molecule has 1 aliphatic carbocycles. The third kappa shape index (κ3) is 2.87. The average molecular weight is 284 g/mol. The lowest BCUT2D eigenvalue weighted by Crippen LogP contribution is -2.23. The van der Waals surface area contributed by atoms with E-state index in [1.54, 1.807) is 12.3 Å². The van der Waals surface area contributed by atoms with Gasteiger partial charge >= 0.3 is 5.97 Å². The zero-order valence-electron chi connectivity index (χ0n) is 11.6. The normalized spacial score (nSPS) is 22.0. The molecular weight excluding hydrogens is 268 g/mol. The molecule has 0 radical (unpaired) electrons. The van der Waals surface area contributed by atoms with E-state index in [9.17, 15) is 4.79 Å². The van der Waals surface area contributed by atoms with Crippen molar-refractivity contribution in [2.45, 2.75) is 32.2 Å². The summed E-state index contributed by atoms with van der Waals surface area (Å²) in [6.07, 6.45) is 6.77. The van der Waals surface area contributed by atoms with Crippen molar-refractivity contribution in [1.29, 1.82) is 5.26 Å². The molecule has 0 aromatic carbocycles. The van der Waals surface area contributed by atoms with Crippen molar-refractivity contribution in [3.63, 3.8) is 0 Å². The Morgan fingerprint density at radius 3 is 2.81 bits per heavy atom. The lowest BCUT2D eigenvalue weighted by atomic mass is 9.82. The molecule has 0 bridgehead atoms. The lowest BCUT2D eigenvalue weighted by molar-refractivity contribution is -0.143. The smallest absolute Gasteiger partial charge is 0.306 e. The topological polar surface area (TPSA) is 91.8 Å². The van der Waals surface area contributed by atoms with Crippen LogP contribution in [0.15, 0.2) is 18.5 Å². The molecule has 108 valence electrons. The Labute approximate surface area is 122 Å². The van der Waals surface area contributed by atoms with Crippen molar-refractivity contribution < 1.29 is 9.90 Å². The highest BCUT2D eigenvalue weighted by atomic mass is 16.4. The number of aromatic nitrogens is 3. The largest absolute Gasteiger partial charge is 0.481 e. The van der Waals surface area contributed by atoms with E-state index in [0.29, 0.717) is 11.5 Å². The minimum absolute atomic E-state index is 0.183. The van der Waals surface area contributed by atoms with E-state index >= 15 is 0 Å². The number of pyridine rings is 1. The summed E-state index contributed by atoms with van der Waals surface area (Å²) in [5.41, 5.74) is 2.02. The van der Waals surface area contributed by atoms with Crippen molar-refractivity contribution in [3.05, 3.63) is 24.0 Å². The van der Waals surface area contributed by atoms with Gasteiger partial charge in [-0.1, -0.05) is 0 Å². The van der Waals surface area contributed by atoms with Gasteiger partial charge in [0.15, 0.2) is 0 Å². The minimum atomic E-state index is -0.675. The van der Waals surface area contributed by atoms with Crippen LogP contribution >= 0.6 is 0 Å². The number of aliphatic carboxylic acids is 1. The molecule has 0 atom stereocenters. The van der Waals surface area contributed by atoms with Gasteiger partial charge in [0.05, 0.1) is 17.7 Å². The van der Waals surface area contributed by atoms with Crippen LogP contribution in [-0.4, -0.2) is 25.8 Å². The quantitative estimate of drug-likeness (QED) is 0.932. The maximum atomic E-state index is 10.9. The summed E-state index contributed by atoms with van der Waals surface area (Å²) in [4.78, 5) is 15.2. The summed E-state index contributed by atoms with van der Waals surface area (Å²) >= 11 is 0. The summed E-state index contributed by atoms with van der Waals surface area (Å²) in [6, 6.07) is 3.79. The van der Waals surface area contributed by atoms with Gasteiger partial charge < -0.3 is 5.11 Å². The van der Waals surface area contributed by atoms with Crippen molar-refractivity contribution in [3.8, 4) is 6.07 Å². The van der Waals surface area contributed by atoms with Gasteiger partial charge in [0, 0.05) is 12.7 Å². The Hall–Kier alpha value is -2.42. The molecule has 2 heterocycles. The number of fused-ring (bicyclic) bond motifs is 1. The first-order valence-corrected chi connectivity index (χ1v) is 7.12. The molecule has 0 spiro atoms. The second-order valence-corrected chi connectivity index (χ2v) is 5.65. The van der Waals surface area contributed by atoms with Gasteiger partial charge in [-0.2, -0.15) is 10.4 Å². The zero-order valence-corrected chi connectivity index (χ0v) is 11.6. The van der Waals surface area contributed by atoms with Gasteiger partial charge in [-0.25, -0.2) is 0 Å². The van der Waals surface area contributed by atoms with Gasteiger partial charge in [-0.05, 0) is 37.7 Å². The number of carbonyl (C=O) groups is 1. The first-order chi connectivity index (χ1) is 10.2. The van der Waals surface area contributed by atoms with Crippen LogP contribution in [0.4, 0.5) is 0 Å². The van der Waals surface area contributed by atoms with Crippen molar-refractivity contribution in [2.24, 2.45) is 11.8 Å². The van der Waals surface area contributed by atoms with Crippen LogP contribution in [0.25, 0.3) is 11.0 Å². The minimum Gasteiger partial charge on any atom is -0.481 e. The summed E-state index contributed by atoms with van der Waals surface area (Å²) in [7, 11) is 0. The molecule has 1 aliphatic rings. The Balaban J connectivity index is 1.68. The first kappa shape index (κ1) is 13.6. The number of nitriles is 1. The summed E-state index contributed by atoms with van der Waals surface area (Å²) in [5.74, 6) is -0.394. The summed E-state index contributed by atoms with van der Waals surface area (Å²) in [6.45, 7) is 0.782. The van der Waals surface area contributed by atoms with Crippen molar-refractivity contribution in [1.82, 2.24) is 14.8 Å². The maximum Gasteiger partial charge on any atom is 0.306 e. The van der Waals surface area contributed by atoms with Gasteiger partial charge in [0.2, 0.25) is 0 Å². The molecule has 0 unspecified atom stereocenters. The average Bonchev–Trinajstić information content (AvgIpc) is 2.88. The molecule has 0 aliphatic heterocycles. The molecule has 2 aromatic rings. The molecular formula is C15H16N4O2. The molecule has 6 nitrogen and oxygen atoms in total. The van der Waals surface area contributed by atoms with E-state index in [1.807, 2.05) is 10.9 Å². The second kappa shape index (κ2) is 5.52. The van der Waals surface area contributed by atoms with E-state index in [0.717, 1.165) is 43.3 Å². The van der Waals surface area contributed by atoms with Gasteiger partial charge in [-0.15, -0.1) is 0 Å². The van der Waals surface area contributed by atoms with Crippen LogP contribution in [0.1, 0.15) is 31.2 Å². The molecule has 3 rings (SSSR count). The Kier molecular flexibility index (Phi) is 3.57. The third-order valence-corrected chi connectivity index (χ3v) is 4.18. The Bertz CT molecular complexity index is 708. The third-order valence-electron chi connectivity index (χ3n) is 4.18. The summed E-state index contributed by atoms with van der Waals surface area (Å²) < 4.78 is 1.87. The summed E-state index contributed by atoms with van der Waals surface area (Å²) in [5, 5.41) is 22.3. The standard InChI is InChI=1S/C15H16N4O2/c16-6-11-5-13-14(17-7-11)9-19(18-13)8-10-1-3-12(4-2-10)15(20)21/h5,7,9-10,12H,1-4,8H2,(H,20,21). The van der Waals surface area contributed by atoms with Crippen molar-refractivity contribution >= 4 is 17.0 Å². The van der Waals surface area contributed by atoms with E-state index in [2.05, 4.69) is 16.2 Å². The van der Waals surface area contributed by atoms with E-state index < -0.39 is 5.97 Å². The molecule has 2 aromatic heterocycles. The van der Waals surface area contributed by atoms with E-state index in [4.69, 9.17) is 10.4 Å². The maximum absolute atomic E-state index is 10.9. The monoisotopic (exact) mass is 284 g/mol. The number of rotatable bonds is 3. The molecule has 1 saturated carbocycles. The Morgan fingerprint density at radius 2 is 2.14 bits per heavy atom. The number of carboxylic acids is 1. The van der Waals surface area contributed by atoms with Crippen LogP contribution in [0.5, 0.6) is 0 Å². The van der Waals surface area contributed by atoms with Crippen LogP contribution < -0.4 is 0 Å². The number of hydrogen-bond acceptors (Lipinski definition) is 4. The van der Waals surface area contributed by atoms with Gasteiger partial charge in [0.25, 0.3) is 0 Å². The highest BCUT2D eigenvalue weighted by Crippen LogP contribution is 2.30. The molecule has 1 fully saturated rings. The molecule has 1 N–H and O–H groups in total. The first-order valence-electron chi connectivity index (χ1n) is 7.12. The molecule has 6 heteroatoms. The van der Waals surface area contributed by atoms with Crippen LogP contribution in [-0.2, 0) is 11.3 Å². The SMILES string of the molecule is N#Cc1cnc2cn(CC3CCC(C(=O)O)CC3)nc2c1. The van der Waals surface area contributed by atoms with Gasteiger partial charge in [0.1, 0.15) is 17.1 Å². The van der Waals surface area contributed by atoms with Crippen molar-refractivity contribution in [2.75, 3.05) is 0 Å². The second-order valence-electron chi connectivity index (χ2n) is 5.65. The van der Waals surface area contributed by atoms with Crippen LogP contribution in [0, 0.1) is 23.2 Å². The Morgan fingerprint density at radius 1 is 1.38 bits per heavy atom. The molecule has 21 heavy (non-hydrogen) atoms. The lowest BCUT2D eigenvalue weighted by Gasteiger charge is -2.25. The number of carboxylic acid groups (broad SMARTS) is 1. The zero-order chi connectivity index (χ0) is 14.8. The number of hydrogen-bond donors (Lipinski definition) is 1. The highest BCUT2D eigenvalue weighted by Gasteiger charge is 2.26. The predicted molar refractivity (Wildman–Crippen MR) is 75.3 cm³/mol. The highest BCUT2D eigenvalue weighted by molar-refractivity contribution is 5.74. The fourth-order valence-corrected chi connectivity index (χ4v) is 2.96. The molecule has 0 saturated heterocycles. The number of nitrogens with zero attached hydrogens (tertiary/aromatic N) is 4. The fraction of sp³-hybridized carbons (Fsp3) is 0.467. The van der Waals surface area contributed by atoms with Crippen LogP contribution in [0.3, 0.4) is 0 Å². The van der Waals surface area contributed by atoms with E-state index in [-0.39, 0.29) is 5.92 Å².